The highest BCUT2D eigenvalue weighted by atomic mass is 35.5. The van der Waals surface area contributed by atoms with Crippen LogP contribution in [0.2, 0.25) is 5.02 Å². The van der Waals surface area contributed by atoms with E-state index in [4.69, 9.17) is 11.6 Å². The second kappa shape index (κ2) is 7.57. The first-order valence-corrected chi connectivity index (χ1v) is 11.0. The van der Waals surface area contributed by atoms with Crippen LogP contribution in [0.15, 0.2) is 52.7 Å². The molecule has 1 unspecified atom stereocenters. The molecule has 0 aliphatic rings. The first-order chi connectivity index (χ1) is 11.9. The van der Waals surface area contributed by atoms with Crippen LogP contribution in [-0.4, -0.2) is 13.5 Å². The Morgan fingerprint density at radius 1 is 1.16 bits per heavy atom. The van der Waals surface area contributed by atoms with E-state index in [0.717, 1.165) is 14.6 Å². The van der Waals surface area contributed by atoms with E-state index in [2.05, 4.69) is 4.72 Å². The predicted molar refractivity (Wildman–Crippen MR) is 103 cm³/mol. The smallest absolute Gasteiger partial charge is 0.241 e. The second-order valence-corrected chi connectivity index (χ2v) is 9.73. The SMILES string of the molecule is Cc1c(Cl)cccc1S(=O)(=O)NCc1ccc(C(O)c2cccs2)s1. The van der Waals surface area contributed by atoms with Crippen molar-refractivity contribution in [3.05, 3.63) is 73.1 Å². The summed E-state index contributed by atoms with van der Waals surface area (Å²) in [4.78, 5) is 2.66. The highest BCUT2D eigenvalue weighted by Gasteiger charge is 2.19. The average molecular weight is 414 g/mol. The molecule has 0 amide bonds. The monoisotopic (exact) mass is 413 g/mol. The normalized spacial score (nSPS) is 13.1. The molecule has 2 N–H and O–H groups in total. The standard InChI is InChI=1S/C17H16ClNO3S3/c1-11-13(18)4-2-6-16(11)25(21,22)19-10-12-7-8-15(24-12)17(20)14-5-3-9-23-14/h2-9,17,19-20H,10H2,1H3. The number of hydrogen-bond acceptors (Lipinski definition) is 5. The minimum atomic E-state index is -3.65. The highest BCUT2D eigenvalue weighted by molar-refractivity contribution is 7.89. The fourth-order valence-corrected chi connectivity index (χ4v) is 5.70. The molecule has 1 aromatic carbocycles. The van der Waals surface area contributed by atoms with Crippen LogP contribution in [0.3, 0.4) is 0 Å². The van der Waals surface area contributed by atoms with Gasteiger partial charge < -0.3 is 5.11 Å². The van der Waals surface area contributed by atoms with E-state index in [1.165, 1.54) is 28.7 Å². The van der Waals surface area contributed by atoms with Gasteiger partial charge in [0.2, 0.25) is 10.0 Å². The molecule has 0 fully saturated rings. The van der Waals surface area contributed by atoms with E-state index in [1.807, 2.05) is 29.6 Å². The van der Waals surface area contributed by atoms with Crippen LogP contribution in [-0.2, 0) is 16.6 Å². The van der Waals surface area contributed by atoms with Crippen molar-refractivity contribution in [2.45, 2.75) is 24.5 Å². The third-order valence-electron chi connectivity index (χ3n) is 3.71. The summed E-state index contributed by atoms with van der Waals surface area (Å²) in [6, 6.07) is 12.2. The van der Waals surface area contributed by atoms with E-state index in [9.17, 15) is 13.5 Å². The molecule has 132 valence electrons. The number of sulfonamides is 1. The molecule has 0 bridgehead atoms. The van der Waals surface area contributed by atoms with Gasteiger partial charge in [0.25, 0.3) is 0 Å². The van der Waals surface area contributed by atoms with Crippen LogP contribution in [0.4, 0.5) is 0 Å². The van der Waals surface area contributed by atoms with E-state index < -0.39 is 16.1 Å². The number of hydrogen-bond donors (Lipinski definition) is 2. The molecule has 3 aromatic rings. The summed E-state index contributed by atoms with van der Waals surface area (Å²) in [6.07, 6.45) is -0.675. The van der Waals surface area contributed by atoms with E-state index in [0.29, 0.717) is 10.6 Å². The lowest BCUT2D eigenvalue weighted by Crippen LogP contribution is -2.23. The lowest BCUT2D eigenvalue weighted by atomic mass is 10.2. The van der Waals surface area contributed by atoms with Gasteiger partial charge in [-0.15, -0.1) is 22.7 Å². The Labute approximate surface area is 159 Å². The molecule has 0 saturated carbocycles. The van der Waals surface area contributed by atoms with Crippen molar-refractivity contribution in [1.29, 1.82) is 0 Å². The number of thiophene rings is 2. The topological polar surface area (TPSA) is 66.4 Å². The number of nitrogens with one attached hydrogen (secondary N) is 1. The largest absolute Gasteiger partial charge is 0.382 e. The molecule has 0 spiro atoms. The maximum Gasteiger partial charge on any atom is 0.241 e. The third kappa shape index (κ3) is 4.13. The Hall–Kier alpha value is -1.22. The van der Waals surface area contributed by atoms with Gasteiger partial charge >= 0.3 is 0 Å². The van der Waals surface area contributed by atoms with Crippen molar-refractivity contribution < 1.29 is 13.5 Å². The van der Waals surface area contributed by atoms with Crippen LogP contribution >= 0.6 is 34.3 Å². The predicted octanol–water partition coefficient (Wildman–Crippen LogP) is 4.33. The lowest BCUT2D eigenvalue weighted by Gasteiger charge is -2.09. The minimum Gasteiger partial charge on any atom is -0.382 e. The van der Waals surface area contributed by atoms with Gasteiger partial charge in [0.05, 0.1) is 4.90 Å². The number of aliphatic hydroxyl groups is 1. The van der Waals surface area contributed by atoms with E-state index in [1.54, 1.807) is 19.1 Å². The van der Waals surface area contributed by atoms with Gasteiger partial charge in [0.1, 0.15) is 6.10 Å². The molecule has 8 heteroatoms. The summed E-state index contributed by atoms with van der Waals surface area (Å²) in [6.45, 7) is 1.84. The number of benzene rings is 1. The molecular formula is C17H16ClNO3S3. The first kappa shape index (κ1) is 18.6. The Morgan fingerprint density at radius 3 is 2.68 bits per heavy atom. The maximum absolute atomic E-state index is 12.5. The third-order valence-corrected chi connectivity index (χ3v) is 7.73. The number of aliphatic hydroxyl groups excluding tert-OH is 1. The van der Waals surface area contributed by atoms with Crippen molar-refractivity contribution in [2.75, 3.05) is 0 Å². The Bertz CT molecular complexity index is 965. The zero-order valence-electron chi connectivity index (χ0n) is 13.3. The van der Waals surface area contributed by atoms with Crippen molar-refractivity contribution in [2.24, 2.45) is 0 Å². The quantitative estimate of drug-likeness (QED) is 0.632. The molecule has 4 nitrogen and oxygen atoms in total. The van der Waals surface area contributed by atoms with Crippen LogP contribution in [0.1, 0.15) is 26.3 Å². The summed E-state index contributed by atoms with van der Waals surface area (Å²) in [7, 11) is -3.65. The fraction of sp³-hybridized carbons (Fsp3) is 0.176. The second-order valence-electron chi connectivity index (χ2n) is 5.41. The molecular weight excluding hydrogens is 398 g/mol. The molecule has 2 aromatic heterocycles. The molecule has 0 aliphatic carbocycles. The van der Waals surface area contributed by atoms with Gasteiger partial charge in [0, 0.05) is 26.2 Å². The number of halogens is 1. The molecule has 0 aliphatic heterocycles. The van der Waals surface area contributed by atoms with E-state index >= 15 is 0 Å². The van der Waals surface area contributed by atoms with Crippen LogP contribution in [0, 0.1) is 6.92 Å². The van der Waals surface area contributed by atoms with Gasteiger partial charge in [-0.1, -0.05) is 23.7 Å². The molecule has 25 heavy (non-hydrogen) atoms. The number of rotatable bonds is 6. The summed E-state index contributed by atoms with van der Waals surface area (Å²) >= 11 is 8.88. The summed E-state index contributed by atoms with van der Waals surface area (Å²) in [5.41, 5.74) is 0.525. The average Bonchev–Trinajstić information content (AvgIpc) is 3.26. The zero-order valence-corrected chi connectivity index (χ0v) is 16.5. The van der Waals surface area contributed by atoms with Crippen molar-refractivity contribution in [1.82, 2.24) is 4.72 Å². The van der Waals surface area contributed by atoms with Gasteiger partial charge in [-0.2, -0.15) is 0 Å². The maximum atomic E-state index is 12.5. The van der Waals surface area contributed by atoms with Crippen LogP contribution < -0.4 is 4.72 Å². The molecule has 1 atom stereocenters. The molecule has 2 heterocycles. The Morgan fingerprint density at radius 2 is 1.96 bits per heavy atom. The Balaban J connectivity index is 1.73. The fourth-order valence-electron chi connectivity index (χ4n) is 2.35. The molecule has 0 saturated heterocycles. The summed E-state index contributed by atoms with van der Waals surface area (Å²) in [5, 5.41) is 12.7. The highest BCUT2D eigenvalue weighted by Crippen LogP contribution is 2.31. The van der Waals surface area contributed by atoms with E-state index in [-0.39, 0.29) is 11.4 Å². The summed E-state index contributed by atoms with van der Waals surface area (Å²) in [5.74, 6) is 0. The Kier molecular flexibility index (Phi) is 5.62. The lowest BCUT2D eigenvalue weighted by molar-refractivity contribution is 0.228. The van der Waals surface area contributed by atoms with Crippen molar-refractivity contribution in [3.8, 4) is 0 Å². The van der Waals surface area contributed by atoms with Crippen molar-refractivity contribution >= 4 is 44.3 Å². The first-order valence-electron chi connectivity index (χ1n) is 7.43. The van der Waals surface area contributed by atoms with Crippen molar-refractivity contribution in [3.63, 3.8) is 0 Å². The van der Waals surface area contributed by atoms with Gasteiger partial charge in [-0.25, -0.2) is 13.1 Å². The molecule has 3 rings (SSSR count). The van der Waals surface area contributed by atoms with Crippen LogP contribution in [0.25, 0.3) is 0 Å². The minimum absolute atomic E-state index is 0.163. The zero-order chi connectivity index (χ0) is 18.0. The van der Waals surface area contributed by atoms with Crippen LogP contribution in [0.5, 0.6) is 0 Å². The summed E-state index contributed by atoms with van der Waals surface area (Å²) < 4.78 is 27.6. The van der Waals surface area contributed by atoms with Gasteiger partial charge in [0.15, 0.2) is 0 Å². The van der Waals surface area contributed by atoms with Gasteiger partial charge in [-0.3, -0.25) is 0 Å². The molecule has 0 radical (unpaired) electrons. The van der Waals surface area contributed by atoms with Gasteiger partial charge in [-0.05, 0) is 48.2 Å².